The lowest BCUT2D eigenvalue weighted by atomic mass is 10.1. The second-order valence-electron chi connectivity index (χ2n) is 3.08. The van der Waals surface area contributed by atoms with E-state index < -0.39 is 0 Å². The van der Waals surface area contributed by atoms with E-state index in [-0.39, 0.29) is 0 Å². The lowest BCUT2D eigenvalue weighted by molar-refractivity contribution is 0.415. The van der Waals surface area contributed by atoms with Crippen LogP contribution in [0.2, 0.25) is 0 Å². The molecular weight excluding hydrogens is 190 g/mol. The normalized spacial score (nSPS) is 9.93. The highest BCUT2D eigenvalue weighted by Crippen LogP contribution is 2.27. The highest BCUT2D eigenvalue weighted by molar-refractivity contribution is 5.76. The van der Waals surface area contributed by atoms with Crippen molar-refractivity contribution in [3.63, 3.8) is 0 Å². The Bertz CT molecular complexity index is 457. The van der Waals surface area contributed by atoms with Gasteiger partial charge in [0.2, 0.25) is 0 Å². The van der Waals surface area contributed by atoms with E-state index in [9.17, 15) is 0 Å². The van der Waals surface area contributed by atoms with E-state index >= 15 is 0 Å². The van der Waals surface area contributed by atoms with Gasteiger partial charge in [-0.05, 0) is 12.1 Å². The predicted octanol–water partition coefficient (Wildman–Crippen LogP) is 1.73. The van der Waals surface area contributed by atoms with Gasteiger partial charge in [-0.25, -0.2) is 9.97 Å². The lowest BCUT2D eigenvalue weighted by Gasteiger charge is -2.06. The minimum atomic E-state index is 0.657. The van der Waals surface area contributed by atoms with Gasteiger partial charge in [0, 0.05) is 35.3 Å². The molecule has 4 heteroatoms. The zero-order valence-electron chi connectivity index (χ0n) is 8.34. The molecule has 1 aromatic carbocycles. The molecule has 0 saturated heterocycles. The average Bonchev–Trinajstić information content (AvgIpc) is 2.30. The topological polar surface area (TPSA) is 61.0 Å². The molecule has 0 aliphatic carbocycles. The van der Waals surface area contributed by atoms with Gasteiger partial charge < -0.3 is 10.5 Å². The van der Waals surface area contributed by atoms with Crippen LogP contribution in [0.3, 0.4) is 0 Å². The number of nitrogen functional groups attached to an aromatic ring is 1. The van der Waals surface area contributed by atoms with E-state index in [1.807, 2.05) is 12.1 Å². The number of aromatic nitrogens is 2. The van der Waals surface area contributed by atoms with Crippen molar-refractivity contribution in [3.8, 4) is 16.9 Å². The van der Waals surface area contributed by atoms with Gasteiger partial charge in [-0.1, -0.05) is 0 Å². The van der Waals surface area contributed by atoms with Crippen molar-refractivity contribution in [1.82, 2.24) is 9.97 Å². The average molecular weight is 201 g/mol. The van der Waals surface area contributed by atoms with Crippen LogP contribution in [-0.4, -0.2) is 17.1 Å². The Balaban J connectivity index is 2.46. The van der Waals surface area contributed by atoms with Crippen molar-refractivity contribution in [2.45, 2.75) is 0 Å². The Morgan fingerprint density at radius 3 is 2.53 bits per heavy atom. The third kappa shape index (κ3) is 1.88. The first-order valence-corrected chi connectivity index (χ1v) is 4.50. The first kappa shape index (κ1) is 9.45. The number of rotatable bonds is 2. The number of ether oxygens (including phenoxy) is 1. The fourth-order valence-corrected chi connectivity index (χ4v) is 1.37. The van der Waals surface area contributed by atoms with Crippen LogP contribution in [0.25, 0.3) is 11.1 Å². The molecule has 15 heavy (non-hydrogen) atoms. The minimum Gasteiger partial charge on any atom is -0.497 e. The molecular formula is C11H11N3O. The third-order valence-electron chi connectivity index (χ3n) is 2.13. The number of anilines is 1. The number of methoxy groups -OCH3 is 1. The van der Waals surface area contributed by atoms with Gasteiger partial charge in [-0.15, -0.1) is 0 Å². The third-order valence-corrected chi connectivity index (χ3v) is 2.13. The summed E-state index contributed by atoms with van der Waals surface area (Å²) in [7, 11) is 1.61. The molecule has 4 nitrogen and oxygen atoms in total. The Morgan fingerprint density at radius 2 is 1.93 bits per heavy atom. The Hall–Kier alpha value is -2.10. The van der Waals surface area contributed by atoms with Crippen LogP contribution in [0.5, 0.6) is 5.75 Å². The van der Waals surface area contributed by atoms with Crippen LogP contribution in [-0.2, 0) is 0 Å². The maximum absolute atomic E-state index is 5.89. The molecule has 0 atom stereocenters. The SMILES string of the molecule is COc1ccc(-c2cncnc2)c(N)c1. The van der Waals surface area contributed by atoms with E-state index in [4.69, 9.17) is 10.5 Å². The van der Waals surface area contributed by atoms with Gasteiger partial charge in [0.15, 0.2) is 0 Å². The summed E-state index contributed by atoms with van der Waals surface area (Å²) in [6.45, 7) is 0. The van der Waals surface area contributed by atoms with Crippen molar-refractivity contribution in [3.05, 3.63) is 36.9 Å². The van der Waals surface area contributed by atoms with E-state index in [0.717, 1.165) is 16.9 Å². The highest BCUT2D eigenvalue weighted by Gasteiger charge is 2.03. The molecule has 0 saturated carbocycles. The second kappa shape index (κ2) is 3.96. The molecule has 0 aliphatic heterocycles. The van der Waals surface area contributed by atoms with Gasteiger partial charge in [-0.3, -0.25) is 0 Å². The molecule has 2 rings (SSSR count). The maximum Gasteiger partial charge on any atom is 0.120 e. The minimum absolute atomic E-state index is 0.657. The molecule has 1 heterocycles. The summed E-state index contributed by atoms with van der Waals surface area (Å²) in [5.41, 5.74) is 8.36. The zero-order chi connectivity index (χ0) is 10.7. The fraction of sp³-hybridized carbons (Fsp3) is 0.0909. The maximum atomic E-state index is 5.89. The van der Waals surface area contributed by atoms with Crippen molar-refractivity contribution in [1.29, 1.82) is 0 Å². The number of benzene rings is 1. The van der Waals surface area contributed by atoms with Crippen LogP contribution in [0, 0.1) is 0 Å². The molecule has 0 aliphatic rings. The van der Waals surface area contributed by atoms with Crippen LogP contribution in [0.1, 0.15) is 0 Å². The van der Waals surface area contributed by atoms with Crippen LogP contribution in [0.4, 0.5) is 5.69 Å². The van der Waals surface area contributed by atoms with Crippen LogP contribution < -0.4 is 10.5 Å². The first-order chi connectivity index (χ1) is 7.31. The summed E-state index contributed by atoms with van der Waals surface area (Å²) >= 11 is 0. The predicted molar refractivity (Wildman–Crippen MR) is 58.4 cm³/mol. The van der Waals surface area contributed by atoms with Crippen LogP contribution in [0.15, 0.2) is 36.9 Å². The molecule has 0 unspecified atom stereocenters. The van der Waals surface area contributed by atoms with Gasteiger partial charge in [0.25, 0.3) is 0 Å². The molecule has 2 aromatic rings. The van der Waals surface area contributed by atoms with E-state index in [0.29, 0.717) is 5.69 Å². The van der Waals surface area contributed by atoms with Crippen molar-refractivity contribution in [2.75, 3.05) is 12.8 Å². The van der Waals surface area contributed by atoms with E-state index in [2.05, 4.69) is 9.97 Å². The van der Waals surface area contributed by atoms with Crippen molar-refractivity contribution >= 4 is 5.69 Å². The summed E-state index contributed by atoms with van der Waals surface area (Å²) in [5.74, 6) is 0.744. The molecule has 0 radical (unpaired) electrons. The van der Waals surface area contributed by atoms with Gasteiger partial charge in [-0.2, -0.15) is 0 Å². The Morgan fingerprint density at radius 1 is 1.20 bits per heavy atom. The molecule has 0 spiro atoms. The lowest BCUT2D eigenvalue weighted by Crippen LogP contribution is -1.92. The summed E-state index contributed by atoms with van der Waals surface area (Å²) in [6.07, 6.45) is 4.94. The molecule has 0 amide bonds. The fourth-order valence-electron chi connectivity index (χ4n) is 1.37. The number of hydrogen-bond acceptors (Lipinski definition) is 4. The number of hydrogen-bond donors (Lipinski definition) is 1. The summed E-state index contributed by atoms with van der Waals surface area (Å²) in [4.78, 5) is 7.89. The number of nitrogens with two attached hydrogens (primary N) is 1. The summed E-state index contributed by atoms with van der Waals surface area (Å²) < 4.78 is 5.07. The summed E-state index contributed by atoms with van der Waals surface area (Å²) in [5, 5.41) is 0. The highest BCUT2D eigenvalue weighted by atomic mass is 16.5. The van der Waals surface area contributed by atoms with Crippen molar-refractivity contribution < 1.29 is 4.74 Å². The second-order valence-corrected chi connectivity index (χ2v) is 3.08. The van der Waals surface area contributed by atoms with Gasteiger partial charge in [0.1, 0.15) is 12.1 Å². The molecule has 1 aromatic heterocycles. The molecule has 0 bridgehead atoms. The van der Waals surface area contributed by atoms with E-state index in [1.54, 1.807) is 25.6 Å². The molecule has 2 N–H and O–H groups in total. The largest absolute Gasteiger partial charge is 0.497 e. The van der Waals surface area contributed by atoms with Crippen LogP contribution >= 0.6 is 0 Å². The molecule has 0 fully saturated rings. The van der Waals surface area contributed by atoms with Gasteiger partial charge >= 0.3 is 0 Å². The summed E-state index contributed by atoms with van der Waals surface area (Å²) in [6, 6.07) is 5.54. The standard InChI is InChI=1S/C11H11N3O/c1-15-9-2-3-10(11(12)4-9)8-5-13-7-14-6-8/h2-7H,12H2,1H3. The monoisotopic (exact) mass is 201 g/mol. The number of nitrogens with zero attached hydrogens (tertiary/aromatic N) is 2. The Kier molecular flexibility index (Phi) is 2.49. The van der Waals surface area contributed by atoms with Gasteiger partial charge in [0.05, 0.1) is 7.11 Å². The smallest absolute Gasteiger partial charge is 0.120 e. The quantitative estimate of drug-likeness (QED) is 0.752. The van der Waals surface area contributed by atoms with Crippen molar-refractivity contribution in [2.24, 2.45) is 0 Å². The first-order valence-electron chi connectivity index (χ1n) is 4.50. The van der Waals surface area contributed by atoms with E-state index in [1.165, 1.54) is 6.33 Å². The molecule has 76 valence electrons. The Labute approximate surface area is 87.7 Å². The zero-order valence-corrected chi connectivity index (χ0v) is 8.34.